The summed E-state index contributed by atoms with van der Waals surface area (Å²) in [7, 11) is -1.08. The SMILES string of the molecule is Cc1ccc(N2CCNCC2)c([C@H](CC(C)C)N[S@@](=O)C(C)(C)C)c1. The molecule has 0 aliphatic carbocycles. The number of aryl methyl sites for hydroxylation is 1. The van der Waals surface area contributed by atoms with Crippen LogP contribution in [0.4, 0.5) is 5.69 Å². The Balaban J connectivity index is 2.37. The predicted octanol–water partition coefficient (Wildman–Crippen LogP) is 3.54. The molecule has 4 nitrogen and oxygen atoms in total. The number of hydrogen-bond donors (Lipinski definition) is 2. The second-order valence-electron chi connectivity index (χ2n) is 8.48. The van der Waals surface area contributed by atoms with Crippen LogP contribution in [0.25, 0.3) is 0 Å². The van der Waals surface area contributed by atoms with Crippen LogP contribution in [0, 0.1) is 12.8 Å². The molecule has 1 fully saturated rings. The van der Waals surface area contributed by atoms with Crippen LogP contribution in [0.15, 0.2) is 18.2 Å². The van der Waals surface area contributed by atoms with Crippen LogP contribution >= 0.6 is 0 Å². The Labute approximate surface area is 156 Å². The van der Waals surface area contributed by atoms with E-state index >= 15 is 0 Å². The fourth-order valence-corrected chi connectivity index (χ4v) is 4.00. The van der Waals surface area contributed by atoms with Crippen molar-refractivity contribution in [1.29, 1.82) is 0 Å². The lowest BCUT2D eigenvalue weighted by atomic mass is 9.94. The van der Waals surface area contributed by atoms with Gasteiger partial charge in [-0.05, 0) is 51.7 Å². The molecular weight excluding hydrogens is 330 g/mol. The molecule has 142 valence electrons. The zero-order chi connectivity index (χ0) is 18.6. The smallest absolute Gasteiger partial charge is 0.0975 e. The number of hydrogen-bond acceptors (Lipinski definition) is 3. The molecule has 1 heterocycles. The molecule has 5 heteroatoms. The van der Waals surface area contributed by atoms with E-state index < -0.39 is 11.0 Å². The van der Waals surface area contributed by atoms with Crippen LogP contribution in [-0.4, -0.2) is 35.1 Å². The molecule has 2 N–H and O–H groups in total. The summed E-state index contributed by atoms with van der Waals surface area (Å²) in [5.41, 5.74) is 3.83. The van der Waals surface area contributed by atoms with E-state index in [-0.39, 0.29) is 10.8 Å². The van der Waals surface area contributed by atoms with Crippen molar-refractivity contribution in [2.24, 2.45) is 5.92 Å². The monoisotopic (exact) mass is 365 g/mol. The summed E-state index contributed by atoms with van der Waals surface area (Å²) in [6.45, 7) is 16.7. The highest BCUT2D eigenvalue weighted by Gasteiger charge is 2.27. The first-order valence-corrected chi connectivity index (χ1v) is 10.6. The second kappa shape index (κ2) is 8.65. The van der Waals surface area contributed by atoms with Gasteiger partial charge < -0.3 is 10.2 Å². The Kier molecular flexibility index (Phi) is 7.06. The van der Waals surface area contributed by atoms with Gasteiger partial charge in [0.15, 0.2) is 0 Å². The van der Waals surface area contributed by atoms with E-state index in [0.717, 1.165) is 32.6 Å². The molecule has 0 amide bonds. The Morgan fingerprint density at radius 1 is 1.24 bits per heavy atom. The van der Waals surface area contributed by atoms with E-state index in [1.54, 1.807) is 0 Å². The quantitative estimate of drug-likeness (QED) is 0.810. The minimum absolute atomic E-state index is 0.102. The summed E-state index contributed by atoms with van der Waals surface area (Å²) in [6, 6.07) is 6.81. The molecule has 0 radical (unpaired) electrons. The Morgan fingerprint density at radius 3 is 2.44 bits per heavy atom. The number of nitrogens with zero attached hydrogens (tertiary/aromatic N) is 1. The second-order valence-corrected chi connectivity index (χ2v) is 10.5. The molecule has 1 aliphatic rings. The van der Waals surface area contributed by atoms with Crippen molar-refractivity contribution >= 4 is 16.7 Å². The predicted molar refractivity (Wildman–Crippen MR) is 109 cm³/mol. The third kappa shape index (κ3) is 5.80. The summed E-state index contributed by atoms with van der Waals surface area (Å²) in [5.74, 6) is 0.533. The molecule has 0 saturated carbocycles. The molecule has 25 heavy (non-hydrogen) atoms. The van der Waals surface area contributed by atoms with Gasteiger partial charge in [-0.15, -0.1) is 0 Å². The van der Waals surface area contributed by atoms with E-state index in [2.05, 4.69) is 53.9 Å². The normalized spacial score (nSPS) is 18.4. The van der Waals surface area contributed by atoms with Crippen molar-refractivity contribution in [3.63, 3.8) is 0 Å². The average Bonchev–Trinajstić information content (AvgIpc) is 2.53. The van der Waals surface area contributed by atoms with Crippen LogP contribution in [-0.2, 0) is 11.0 Å². The molecule has 0 unspecified atom stereocenters. The molecule has 0 spiro atoms. The number of anilines is 1. The minimum atomic E-state index is -1.08. The maximum absolute atomic E-state index is 12.8. The van der Waals surface area contributed by atoms with Gasteiger partial charge >= 0.3 is 0 Å². The lowest BCUT2D eigenvalue weighted by Crippen LogP contribution is -2.44. The van der Waals surface area contributed by atoms with Crippen molar-refractivity contribution in [2.75, 3.05) is 31.1 Å². The third-order valence-corrected chi connectivity index (χ3v) is 6.14. The van der Waals surface area contributed by atoms with Crippen LogP contribution in [0.1, 0.15) is 58.2 Å². The lowest BCUT2D eigenvalue weighted by molar-refractivity contribution is 0.478. The summed E-state index contributed by atoms with van der Waals surface area (Å²) in [4.78, 5) is 2.46. The lowest BCUT2D eigenvalue weighted by Gasteiger charge is -2.34. The first-order valence-electron chi connectivity index (χ1n) is 9.42. The number of rotatable bonds is 6. The standard InChI is InChI=1S/C20H35N3OS/c1-15(2)13-18(22-25(24)20(4,5)6)17-14-16(3)7-8-19(17)23-11-9-21-10-12-23/h7-8,14-15,18,21-22H,9-13H2,1-6H3/t18-,25-/m0/s1. The highest BCUT2D eigenvalue weighted by atomic mass is 32.2. The molecule has 0 aromatic heterocycles. The van der Waals surface area contributed by atoms with Gasteiger partial charge in [0.2, 0.25) is 0 Å². The highest BCUT2D eigenvalue weighted by molar-refractivity contribution is 7.84. The summed E-state index contributed by atoms with van der Waals surface area (Å²) < 4.78 is 16.0. The number of nitrogens with one attached hydrogen (secondary N) is 2. The van der Waals surface area contributed by atoms with Gasteiger partial charge in [-0.1, -0.05) is 31.5 Å². The largest absolute Gasteiger partial charge is 0.369 e. The van der Waals surface area contributed by atoms with Crippen molar-refractivity contribution < 1.29 is 4.21 Å². The first kappa shape index (κ1) is 20.4. The van der Waals surface area contributed by atoms with Crippen LogP contribution in [0.2, 0.25) is 0 Å². The van der Waals surface area contributed by atoms with Crippen molar-refractivity contribution in [1.82, 2.24) is 10.0 Å². The van der Waals surface area contributed by atoms with Gasteiger partial charge in [-0.25, -0.2) is 8.93 Å². The Morgan fingerprint density at radius 2 is 1.88 bits per heavy atom. The van der Waals surface area contributed by atoms with Gasteiger partial charge in [-0.2, -0.15) is 0 Å². The molecule has 2 atom stereocenters. The molecule has 1 aromatic carbocycles. The molecule has 1 saturated heterocycles. The summed E-state index contributed by atoms with van der Waals surface area (Å²) >= 11 is 0. The first-order chi connectivity index (χ1) is 11.7. The zero-order valence-electron chi connectivity index (χ0n) is 16.7. The molecule has 0 bridgehead atoms. The topological polar surface area (TPSA) is 44.4 Å². The molecule has 1 aromatic rings. The Hall–Kier alpha value is -0.910. The summed E-state index contributed by atoms with van der Waals surface area (Å²) in [5, 5.41) is 3.42. The van der Waals surface area contributed by atoms with Crippen LogP contribution in [0.5, 0.6) is 0 Å². The van der Waals surface area contributed by atoms with E-state index in [1.165, 1.54) is 16.8 Å². The average molecular weight is 366 g/mol. The number of benzene rings is 1. The highest BCUT2D eigenvalue weighted by Crippen LogP contribution is 2.32. The molecule has 2 rings (SSSR count). The van der Waals surface area contributed by atoms with E-state index in [9.17, 15) is 4.21 Å². The zero-order valence-corrected chi connectivity index (χ0v) is 17.5. The summed E-state index contributed by atoms with van der Waals surface area (Å²) in [6.07, 6.45) is 0.977. The minimum Gasteiger partial charge on any atom is -0.369 e. The van der Waals surface area contributed by atoms with Gasteiger partial charge in [-0.3, -0.25) is 0 Å². The molecule has 1 aliphatic heterocycles. The van der Waals surface area contributed by atoms with E-state index in [4.69, 9.17) is 0 Å². The fraction of sp³-hybridized carbons (Fsp3) is 0.700. The van der Waals surface area contributed by atoms with Crippen molar-refractivity contribution in [2.45, 2.75) is 58.8 Å². The third-order valence-electron chi connectivity index (χ3n) is 4.53. The van der Waals surface area contributed by atoms with Gasteiger partial charge in [0.1, 0.15) is 0 Å². The van der Waals surface area contributed by atoms with Crippen molar-refractivity contribution in [3.05, 3.63) is 29.3 Å². The maximum atomic E-state index is 12.8. The van der Waals surface area contributed by atoms with Crippen LogP contribution < -0.4 is 14.9 Å². The molecular formula is C20H35N3OS. The van der Waals surface area contributed by atoms with Gasteiger partial charge in [0, 0.05) is 37.9 Å². The van der Waals surface area contributed by atoms with E-state index in [1.807, 2.05) is 20.8 Å². The van der Waals surface area contributed by atoms with E-state index in [0.29, 0.717) is 5.92 Å². The van der Waals surface area contributed by atoms with Crippen LogP contribution in [0.3, 0.4) is 0 Å². The Bertz CT molecular complexity index is 589. The van der Waals surface area contributed by atoms with Crippen molar-refractivity contribution in [3.8, 4) is 0 Å². The van der Waals surface area contributed by atoms with Gasteiger partial charge in [0.25, 0.3) is 0 Å². The maximum Gasteiger partial charge on any atom is 0.0975 e. The fourth-order valence-electron chi connectivity index (χ4n) is 3.16. The van der Waals surface area contributed by atoms with Gasteiger partial charge in [0.05, 0.1) is 15.7 Å². The number of piperazine rings is 1.